The van der Waals surface area contributed by atoms with E-state index in [1.807, 2.05) is 19.1 Å². The predicted molar refractivity (Wildman–Crippen MR) is 209 cm³/mol. The van der Waals surface area contributed by atoms with Gasteiger partial charge in [-0.05, 0) is 107 Å². The summed E-state index contributed by atoms with van der Waals surface area (Å²) in [4.78, 5) is 73.1. The predicted octanol–water partition coefficient (Wildman–Crippen LogP) is 3.80. The van der Waals surface area contributed by atoms with Gasteiger partial charge in [0.05, 0.1) is 22.1 Å². The van der Waals surface area contributed by atoms with Crippen LogP contribution in [0.5, 0.6) is 5.88 Å². The van der Waals surface area contributed by atoms with Crippen molar-refractivity contribution in [1.82, 2.24) is 29.6 Å². The van der Waals surface area contributed by atoms with Crippen molar-refractivity contribution >= 4 is 44.6 Å². The Morgan fingerprint density at radius 1 is 1.05 bits per heavy atom. The number of hydrogen-bond donors (Lipinski definition) is 3. The maximum Gasteiger partial charge on any atom is 0.408 e. The molecular formula is C41H54N6O9S. The second kappa shape index (κ2) is 14.4. The lowest BCUT2D eigenvalue weighted by atomic mass is 9.86. The van der Waals surface area contributed by atoms with Crippen molar-refractivity contribution in [3.8, 4) is 5.88 Å². The number of nitrogens with one attached hydrogen (secondary N) is 2. The van der Waals surface area contributed by atoms with Crippen LogP contribution in [0, 0.1) is 29.6 Å². The molecular weight excluding hydrogens is 753 g/mol. The lowest BCUT2D eigenvalue weighted by Gasteiger charge is -2.40. The third-order valence-electron chi connectivity index (χ3n) is 13.7. The van der Waals surface area contributed by atoms with E-state index in [4.69, 9.17) is 4.74 Å². The van der Waals surface area contributed by atoms with E-state index in [0.717, 1.165) is 12.8 Å². The Kier molecular flexibility index (Phi) is 9.96. The minimum Gasteiger partial charge on any atom is -0.471 e. The summed E-state index contributed by atoms with van der Waals surface area (Å²) in [6.07, 6.45) is 7.27. The maximum absolute atomic E-state index is 15.2. The smallest absolute Gasteiger partial charge is 0.408 e. The van der Waals surface area contributed by atoms with Crippen LogP contribution in [0.15, 0.2) is 41.2 Å². The van der Waals surface area contributed by atoms with Crippen LogP contribution in [0.3, 0.4) is 0 Å². The number of allylic oxidation sites excluding steroid dienone is 1. The van der Waals surface area contributed by atoms with Gasteiger partial charge in [-0.25, -0.2) is 17.9 Å². The summed E-state index contributed by atoms with van der Waals surface area (Å²) in [7, 11) is -4.03. The molecule has 16 heteroatoms. The quantitative estimate of drug-likeness (QED) is 0.330. The van der Waals surface area contributed by atoms with E-state index in [2.05, 4.69) is 22.1 Å². The van der Waals surface area contributed by atoms with Gasteiger partial charge in [0.2, 0.25) is 27.7 Å². The molecule has 3 heterocycles. The molecule has 6 aliphatic rings. The number of ether oxygens (including phenoxy) is 1. The molecule has 8 rings (SSSR count). The Morgan fingerprint density at radius 2 is 1.75 bits per heavy atom. The highest BCUT2D eigenvalue weighted by molar-refractivity contribution is 7.91. The average molecular weight is 807 g/mol. The molecule has 1 aromatic carbocycles. The summed E-state index contributed by atoms with van der Waals surface area (Å²) in [5, 5.41) is 19.1. The van der Waals surface area contributed by atoms with Gasteiger partial charge in [-0.2, -0.15) is 0 Å². The average Bonchev–Trinajstić information content (AvgIpc) is 4.12. The number of aryl methyl sites for hydroxylation is 1. The topological polar surface area (TPSA) is 197 Å². The minimum absolute atomic E-state index is 0.0223. The number of carboxylic acid groups (broad SMARTS) is 1. The molecule has 5 fully saturated rings. The molecule has 4 saturated carbocycles. The Balaban J connectivity index is 1.17. The molecule has 2 aromatic rings. The monoisotopic (exact) mass is 806 g/mol. The van der Waals surface area contributed by atoms with E-state index in [9.17, 15) is 32.7 Å². The lowest BCUT2D eigenvalue weighted by molar-refractivity contribution is -0.145. The second-order valence-electron chi connectivity index (χ2n) is 17.9. The summed E-state index contributed by atoms with van der Waals surface area (Å²) in [6.45, 7) is 7.56. The first kappa shape index (κ1) is 39.4. The van der Waals surface area contributed by atoms with Crippen molar-refractivity contribution in [2.45, 2.75) is 133 Å². The fourth-order valence-electron chi connectivity index (χ4n) is 9.85. The first-order valence-electron chi connectivity index (χ1n) is 20.6. The fraction of sp³-hybridized carbons (Fsp3) is 0.659. The molecule has 1 aromatic heterocycles. The zero-order valence-corrected chi connectivity index (χ0v) is 33.9. The van der Waals surface area contributed by atoms with E-state index in [-0.39, 0.29) is 49.3 Å². The molecule has 4 amide bonds. The number of nitrogens with zero attached hydrogens (tertiary/aromatic N) is 4. The summed E-state index contributed by atoms with van der Waals surface area (Å²) < 4.78 is 35.5. The molecule has 1 saturated heterocycles. The molecule has 10 atom stereocenters. The van der Waals surface area contributed by atoms with Crippen LogP contribution < -0.4 is 20.3 Å². The van der Waals surface area contributed by atoms with Gasteiger partial charge in [0, 0.05) is 24.9 Å². The lowest BCUT2D eigenvalue weighted by Crippen LogP contribution is -2.61. The van der Waals surface area contributed by atoms with Crippen LogP contribution in [0.4, 0.5) is 4.79 Å². The molecule has 2 aliphatic heterocycles. The highest BCUT2D eigenvalue weighted by Gasteiger charge is 2.63. The number of carbonyl (C=O) groups is 4. The molecule has 2 unspecified atom stereocenters. The molecule has 57 heavy (non-hydrogen) atoms. The largest absolute Gasteiger partial charge is 0.471 e. The fourth-order valence-corrected chi connectivity index (χ4v) is 11.2. The zero-order valence-electron chi connectivity index (χ0n) is 33.1. The first-order chi connectivity index (χ1) is 27.1. The van der Waals surface area contributed by atoms with Gasteiger partial charge in [0.25, 0.3) is 11.5 Å². The van der Waals surface area contributed by atoms with Crippen LogP contribution in [-0.4, -0.2) is 98.0 Å². The molecule has 15 nitrogen and oxygen atoms in total. The van der Waals surface area contributed by atoms with Gasteiger partial charge in [-0.15, -0.1) is 5.10 Å². The van der Waals surface area contributed by atoms with E-state index >= 15 is 4.79 Å². The summed E-state index contributed by atoms with van der Waals surface area (Å²) in [5.41, 5.74) is -1.85. The Morgan fingerprint density at radius 3 is 2.42 bits per heavy atom. The molecule has 3 N–H and O–H groups in total. The SMILES string of the molecule is CCn1nc(O[C@@H]2C[C@H]3C(=O)N[C@]4(C(=O)NS(=O)(=O)C5(C)CC5)C[C@H]4/C=C\CC[C@@H](C)C[C@@H](C)[C@H](N(C(=O)O)C4CC5C[C@H]5C4)C(=O)N3C2)c2ccccc2c1=O. The Bertz CT molecular complexity index is 2180. The third-order valence-corrected chi connectivity index (χ3v) is 15.9. The van der Waals surface area contributed by atoms with E-state index in [1.54, 1.807) is 38.1 Å². The van der Waals surface area contributed by atoms with Gasteiger partial charge in [-0.1, -0.05) is 38.1 Å². The van der Waals surface area contributed by atoms with E-state index < -0.39 is 74.1 Å². The normalized spacial score (nSPS) is 35.1. The van der Waals surface area contributed by atoms with Gasteiger partial charge >= 0.3 is 6.09 Å². The van der Waals surface area contributed by atoms with Crippen molar-refractivity contribution in [3.05, 3.63) is 46.8 Å². The third kappa shape index (κ3) is 7.20. The van der Waals surface area contributed by atoms with Crippen molar-refractivity contribution in [1.29, 1.82) is 0 Å². The molecule has 308 valence electrons. The standard InChI is InChI=1S/C41H54N6O9S/c1-5-46-36(49)31-13-9-8-12-30(31)35(43-46)56-29-20-32-34(48)42-41(38(51)44-57(54,55)40(4)14-15-40)21-27(41)11-7-6-10-23(2)16-24(3)33(37(50)45(32)22-29)47(39(52)53)28-18-25-17-26(25)19-28/h7-9,11-13,23-29,32-33H,5-6,10,14-22H2,1-4H3,(H,42,48)(H,44,51)(H,52,53)/b11-7-/t23-,24-,25+,26?,27-,28?,29-,32+,33+,41-/m1/s1. The number of rotatable bonds is 8. The van der Waals surface area contributed by atoms with E-state index in [1.165, 1.54) is 14.5 Å². The highest BCUT2D eigenvalue weighted by Crippen LogP contribution is 2.54. The Labute approximate surface area is 332 Å². The number of carbonyl (C=O) groups excluding carboxylic acids is 3. The molecule has 4 aliphatic carbocycles. The van der Waals surface area contributed by atoms with Gasteiger partial charge in [0.1, 0.15) is 23.7 Å². The van der Waals surface area contributed by atoms with Gasteiger partial charge < -0.3 is 20.1 Å². The van der Waals surface area contributed by atoms with Crippen molar-refractivity contribution in [2.75, 3.05) is 6.54 Å². The number of sulfonamides is 1. The number of benzene rings is 1. The number of amides is 4. The van der Waals surface area contributed by atoms with Crippen molar-refractivity contribution in [3.63, 3.8) is 0 Å². The molecule has 0 spiro atoms. The number of aromatic nitrogens is 2. The Hall–Kier alpha value is -4.47. The van der Waals surface area contributed by atoms with Crippen LogP contribution in [0.1, 0.15) is 91.9 Å². The molecule has 0 radical (unpaired) electrons. The second-order valence-corrected chi connectivity index (χ2v) is 20.1. The van der Waals surface area contributed by atoms with Crippen LogP contribution >= 0.6 is 0 Å². The van der Waals surface area contributed by atoms with Gasteiger partial charge in [0.15, 0.2) is 0 Å². The first-order valence-corrected chi connectivity index (χ1v) is 22.1. The minimum atomic E-state index is -4.03. The van der Waals surface area contributed by atoms with Crippen molar-refractivity contribution in [2.24, 2.45) is 29.6 Å². The van der Waals surface area contributed by atoms with Crippen LogP contribution in [-0.2, 0) is 31.0 Å². The highest BCUT2D eigenvalue weighted by atomic mass is 32.2. The van der Waals surface area contributed by atoms with Crippen molar-refractivity contribution < 1.29 is 37.4 Å². The van der Waals surface area contributed by atoms with Crippen LogP contribution in [0.2, 0.25) is 0 Å². The van der Waals surface area contributed by atoms with E-state index in [0.29, 0.717) is 61.1 Å². The summed E-state index contributed by atoms with van der Waals surface area (Å²) in [6, 6.07) is 4.31. The van der Waals surface area contributed by atoms with Gasteiger partial charge in [-0.3, -0.25) is 28.8 Å². The number of fused-ring (bicyclic) bond motifs is 4. The number of hydrogen-bond acceptors (Lipinski definition) is 9. The summed E-state index contributed by atoms with van der Waals surface area (Å²) >= 11 is 0. The van der Waals surface area contributed by atoms with Crippen LogP contribution in [0.25, 0.3) is 10.8 Å². The maximum atomic E-state index is 15.2. The summed E-state index contributed by atoms with van der Waals surface area (Å²) in [5.74, 6) is -1.68. The molecule has 0 bridgehead atoms. The zero-order chi connectivity index (χ0) is 40.6.